The van der Waals surface area contributed by atoms with Gasteiger partial charge in [-0.2, -0.15) is 17.6 Å². The third-order valence-electron chi connectivity index (χ3n) is 8.25. The lowest BCUT2D eigenvalue weighted by molar-refractivity contribution is -0.358. The van der Waals surface area contributed by atoms with E-state index in [-0.39, 0.29) is 6.42 Å². The SMILES string of the molecule is CCCCCCC1CCC(C2CCC(C3=CCC(OC(F)(F)C(F)(F)CF)C=C3)CC2)CC1. The van der Waals surface area contributed by atoms with Crippen LogP contribution in [0.4, 0.5) is 22.0 Å². The number of hydrogen-bond donors (Lipinski definition) is 0. The van der Waals surface area contributed by atoms with Gasteiger partial charge < -0.3 is 4.74 Å². The lowest BCUT2D eigenvalue weighted by Crippen LogP contribution is -2.46. The van der Waals surface area contributed by atoms with Gasteiger partial charge in [-0.25, -0.2) is 4.39 Å². The van der Waals surface area contributed by atoms with E-state index in [0.717, 1.165) is 36.2 Å². The molecule has 0 saturated heterocycles. The molecule has 2 saturated carbocycles. The molecule has 0 amide bonds. The predicted octanol–water partition coefficient (Wildman–Crippen LogP) is 9.04. The highest BCUT2D eigenvalue weighted by atomic mass is 19.3. The average Bonchev–Trinajstić information content (AvgIpc) is 2.82. The van der Waals surface area contributed by atoms with Crippen LogP contribution >= 0.6 is 0 Å². The second-order valence-electron chi connectivity index (χ2n) is 10.6. The minimum atomic E-state index is -4.81. The quantitative estimate of drug-likeness (QED) is 0.213. The predicted molar refractivity (Wildman–Crippen MR) is 122 cm³/mol. The number of halogens is 5. The summed E-state index contributed by atoms with van der Waals surface area (Å²) in [5.41, 5.74) is 1.10. The Bertz CT molecular complexity index is 643. The van der Waals surface area contributed by atoms with Gasteiger partial charge in [-0.05, 0) is 74.2 Å². The van der Waals surface area contributed by atoms with Crippen molar-refractivity contribution in [2.75, 3.05) is 6.67 Å². The molecule has 0 aliphatic heterocycles. The molecule has 3 aliphatic carbocycles. The fourth-order valence-electron chi connectivity index (χ4n) is 6.09. The van der Waals surface area contributed by atoms with Crippen molar-refractivity contribution in [3.8, 4) is 0 Å². The van der Waals surface area contributed by atoms with Gasteiger partial charge in [0, 0.05) is 0 Å². The standard InChI is InChI=1S/C27H41F5O/c1-2-3-4-5-6-20-7-9-21(10-8-20)22-11-13-23(14-12-22)24-15-17-25(18-16-24)33-27(31,32)26(29,30)19-28/h15-17,20-23,25H,2-14,18-19H2,1H3. The highest BCUT2D eigenvalue weighted by molar-refractivity contribution is 5.27. The Morgan fingerprint density at radius 2 is 1.52 bits per heavy atom. The minimum absolute atomic E-state index is 0.117. The Morgan fingerprint density at radius 3 is 2.06 bits per heavy atom. The number of hydrogen-bond acceptors (Lipinski definition) is 1. The van der Waals surface area contributed by atoms with Crippen LogP contribution in [0.5, 0.6) is 0 Å². The molecule has 0 N–H and O–H groups in total. The number of allylic oxidation sites excluding steroid dienone is 2. The van der Waals surface area contributed by atoms with E-state index in [4.69, 9.17) is 0 Å². The van der Waals surface area contributed by atoms with Crippen molar-refractivity contribution < 1.29 is 26.7 Å². The zero-order chi connectivity index (χ0) is 23.9. The first kappa shape index (κ1) is 26.7. The summed E-state index contributed by atoms with van der Waals surface area (Å²) in [4.78, 5) is 0. The molecule has 0 aromatic heterocycles. The molecule has 33 heavy (non-hydrogen) atoms. The van der Waals surface area contributed by atoms with Gasteiger partial charge in [-0.15, -0.1) is 0 Å². The van der Waals surface area contributed by atoms with Crippen LogP contribution in [0.3, 0.4) is 0 Å². The molecule has 1 atom stereocenters. The van der Waals surface area contributed by atoms with E-state index in [0.29, 0.717) is 5.92 Å². The van der Waals surface area contributed by atoms with Crippen molar-refractivity contribution in [3.63, 3.8) is 0 Å². The van der Waals surface area contributed by atoms with Crippen LogP contribution < -0.4 is 0 Å². The molecule has 6 heteroatoms. The van der Waals surface area contributed by atoms with Gasteiger partial charge in [0.25, 0.3) is 0 Å². The van der Waals surface area contributed by atoms with Crippen LogP contribution in [0, 0.1) is 23.7 Å². The van der Waals surface area contributed by atoms with Crippen LogP contribution in [0.1, 0.15) is 96.8 Å². The Hall–Kier alpha value is -0.910. The number of ether oxygens (including phenoxy) is 1. The minimum Gasteiger partial charge on any atom is -0.308 e. The second-order valence-corrected chi connectivity index (χ2v) is 10.6. The van der Waals surface area contributed by atoms with E-state index in [1.54, 1.807) is 6.08 Å². The summed E-state index contributed by atoms with van der Waals surface area (Å²) >= 11 is 0. The molecule has 0 radical (unpaired) electrons. The average molecular weight is 477 g/mol. The number of unbranched alkanes of at least 4 members (excludes halogenated alkanes) is 3. The lowest BCUT2D eigenvalue weighted by atomic mass is 9.67. The summed E-state index contributed by atoms with van der Waals surface area (Å²) in [7, 11) is 0. The van der Waals surface area contributed by atoms with Gasteiger partial charge >= 0.3 is 12.0 Å². The molecule has 1 nitrogen and oxygen atoms in total. The Balaban J connectivity index is 1.37. The van der Waals surface area contributed by atoms with E-state index in [1.165, 1.54) is 76.7 Å². The largest absolute Gasteiger partial charge is 0.422 e. The Labute approximate surface area is 196 Å². The monoisotopic (exact) mass is 476 g/mol. The molecule has 0 bridgehead atoms. The summed E-state index contributed by atoms with van der Waals surface area (Å²) in [6.45, 7) is -0.185. The first-order chi connectivity index (χ1) is 15.8. The molecular formula is C27H41F5O. The maximum absolute atomic E-state index is 13.5. The highest BCUT2D eigenvalue weighted by Crippen LogP contribution is 2.44. The summed E-state index contributed by atoms with van der Waals surface area (Å²) in [6, 6.07) is 0. The van der Waals surface area contributed by atoms with Gasteiger partial charge in [0.1, 0.15) is 0 Å². The van der Waals surface area contributed by atoms with Gasteiger partial charge in [0.2, 0.25) is 0 Å². The highest BCUT2D eigenvalue weighted by Gasteiger charge is 2.59. The van der Waals surface area contributed by atoms with Crippen molar-refractivity contribution in [1.82, 2.24) is 0 Å². The summed E-state index contributed by atoms with van der Waals surface area (Å²) in [5, 5.41) is 0. The lowest BCUT2D eigenvalue weighted by Gasteiger charge is -2.38. The van der Waals surface area contributed by atoms with E-state index < -0.39 is 24.8 Å². The van der Waals surface area contributed by atoms with Gasteiger partial charge in [0.15, 0.2) is 6.67 Å². The molecule has 190 valence electrons. The van der Waals surface area contributed by atoms with Crippen molar-refractivity contribution in [2.24, 2.45) is 23.7 Å². The zero-order valence-electron chi connectivity index (χ0n) is 20.0. The maximum atomic E-state index is 13.5. The third kappa shape index (κ3) is 7.29. The van der Waals surface area contributed by atoms with Gasteiger partial charge in [0.05, 0.1) is 6.10 Å². The van der Waals surface area contributed by atoms with Crippen LogP contribution in [-0.4, -0.2) is 24.8 Å². The van der Waals surface area contributed by atoms with Gasteiger partial charge in [-0.1, -0.05) is 70.1 Å². The molecule has 3 rings (SSSR count). The normalized spacial score (nSPS) is 31.5. The first-order valence-corrected chi connectivity index (χ1v) is 13.1. The summed E-state index contributed by atoms with van der Waals surface area (Å²) in [6.07, 6.45) is 16.1. The summed E-state index contributed by atoms with van der Waals surface area (Å²) in [5.74, 6) is -1.82. The fraction of sp³-hybridized carbons (Fsp3) is 0.852. The van der Waals surface area contributed by atoms with Crippen LogP contribution in [-0.2, 0) is 4.74 Å². The smallest absolute Gasteiger partial charge is 0.308 e. The van der Waals surface area contributed by atoms with Crippen molar-refractivity contribution >= 4 is 0 Å². The third-order valence-corrected chi connectivity index (χ3v) is 8.25. The van der Waals surface area contributed by atoms with E-state index >= 15 is 0 Å². The molecule has 1 unspecified atom stereocenters. The van der Waals surface area contributed by atoms with Crippen LogP contribution in [0.15, 0.2) is 23.8 Å². The van der Waals surface area contributed by atoms with E-state index in [1.807, 2.05) is 6.08 Å². The zero-order valence-corrected chi connectivity index (χ0v) is 20.0. The topological polar surface area (TPSA) is 9.23 Å². The van der Waals surface area contributed by atoms with E-state index in [2.05, 4.69) is 11.7 Å². The molecule has 2 fully saturated rings. The van der Waals surface area contributed by atoms with Gasteiger partial charge in [-0.3, -0.25) is 0 Å². The van der Waals surface area contributed by atoms with Crippen LogP contribution in [0.25, 0.3) is 0 Å². The Morgan fingerprint density at radius 1 is 0.879 bits per heavy atom. The second kappa shape index (κ2) is 12.2. The molecule has 3 aliphatic rings. The molecule has 0 heterocycles. The van der Waals surface area contributed by atoms with Crippen molar-refractivity contribution in [2.45, 2.75) is 115 Å². The molecule has 0 aromatic carbocycles. The van der Waals surface area contributed by atoms with E-state index in [9.17, 15) is 22.0 Å². The van der Waals surface area contributed by atoms with Crippen molar-refractivity contribution in [1.29, 1.82) is 0 Å². The van der Waals surface area contributed by atoms with Crippen LogP contribution in [0.2, 0.25) is 0 Å². The number of rotatable bonds is 11. The molecule has 0 spiro atoms. The fourth-order valence-corrected chi connectivity index (χ4v) is 6.09. The molecular weight excluding hydrogens is 435 g/mol. The maximum Gasteiger partial charge on any atom is 0.422 e. The van der Waals surface area contributed by atoms with Crippen molar-refractivity contribution in [3.05, 3.63) is 23.8 Å². The first-order valence-electron chi connectivity index (χ1n) is 13.1. The Kier molecular flexibility index (Phi) is 9.84. The summed E-state index contributed by atoms with van der Waals surface area (Å²) < 4.78 is 69.6. The molecule has 0 aromatic rings. The number of alkyl halides is 5.